The molecule has 1 saturated carbocycles. The van der Waals surface area contributed by atoms with E-state index in [0.717, 1.165) is 43.2 Å². The van der Waals surface area contributed by atoms with Crippen LogP contribution in [0.1, 0.15) is 56.9 Å². The van der Waals surface area contributed by atoms with Crippen molar-refractivity contribution in [3.63, 3.8) is 0 Å². The number of amides is 1. The third-order valence-corrected chi connectivity index (χ3v) is 10.9. The van der Waals surface area contributed by atoms with Gasteiger partial charge in [0.2, 0.25) is 15.9 Å². The second-order valence-electron chi connectivity index (χ2n) is 12.1. The van der Waals surface area contributed by atoms with E-state index in [9.17, 15) is 13.2 Å². The van der Waals surface area contributed by atoms with Gasteiger partial charge in [0.1, 0.15) is 11.5 Å². The third-order valence-electron chi connectivity index (χ3n) is 9.14. The maximum absolute atomic E-state index is 16.4. The van der Waals surface area contributed by atoms with Gasteiger partial charge in [-0.1, -0.05) is 29.8 Å². The lowest BCUT2D eigenvalue weighted by Crippen LogP contribution is -2.60. The Hall–Kier alpha value is -2.99. The molecule has 0 spiro atoms. The number of nitrogens with two attached hydrogens (primary N) is 1. The van der Waals surface area contributed by atoms with Crippen LogP contribution < -0.4 is 19.9 Å². The molecule has 3 atom stereocenters. The second kappa shape index (κ2) is 12.1. The highest BCUT2D eigenvalue weighted by molar-refractivity contribution is 7.89. The summed E-state index contributed by atoms with van der Waals surface area (Å²) in [5, 5.41) is 1.44. The fourth-order valence-electron chi connectivity index (χ4n) is 6.91. The third kappa shape index (κ3) is 5.99. The van der Waals surface area contributed by atoms with Gasteiger partial charge in [0.05, 0.1) is 23.1 Å². The number of halogens is 3. The molecule has 2 unspecified atom stereocenters. The normalized spacial score (nSPS) is 23.2. The number of rotatable bonds is 9. The molecule has 8 nitrogen and oxygen atoms in total. The highest BCUT2D eigenvalue weighted by atomic mass is 35.5. The van der Waals surface area contributed by atoms with Crippen molar-refractivity contribution in [2.75, 3.05) is 7.11 Å². The molecule has 1 aliphatic carbocycles. The number of alkyl halides is 2. The van der Waals surface area contributed by atoms with Gasteiger partial charge in [0, 0.05) is 23.7 Å². The Bertz CT molecular complexity index is 1650. The van der Waals surface area contributed by atoms with Crippen molar-refractivity contribution < 1.29 is 31.5 Å². The van der Waals surface area contributed by atoms with Crippen LogP contribution in [0, 0.1) is 0 Å². The average molecular weight is 648 g/mol. The molecule has 2 heterocycles. The fourth-order valence-corrected chi connectivity index (χ4v) is 8.32. The fraction of sp³-hybridized carbons (Fsp3) is 0.469. The van der Waals surface area contributed by atoms with Gasteiger partial charge in [-0.25, -0.2) is 8.42 Å². The molecule has 3 aromatic carbocycles. The van der Waals surface area contributed by atoms with Crippen LogP contribution in [0.15, 0.2) is 59.5 Å². The van der Waals surface area contributed by atoms with Crippen LogP contribution in [0.2, 0.25) is 5.02 Å². The summed E-state index contributed by atoms with van der Waals surface area (Å²) in [6.45, 7) is 0. The highest BCUT2D eigenvalue weighted by Crippen LogP contribution is 2.41. The quantitative estimate of drug-likeness (QED) is 0.306. The van der Waals surface area contributed by atoms with E-state index in [-0.39, 0.29) is 39.9 Å². The maximum Gasteiger partial charge on any atom is 0.298 e. The SMILES string of the molecule is COc1cc(C(F)(F)[C@@H](NS(=O)(=O)c2ccc3cc(OC4CCCC4)ccc3c2)C(=O)N2C3CCC2CC(N)C3)ccc1Cl. The zero-order chi connectivity index (χ0) is 31.2. The van der Waals surface area contributed by atoms with E-state index in [2.05, 4.69) is 4.72 Å². The smallest absolute Gasteiger partial charge is 0.298 e. The number of benzene rings is 3. The molecule has 3 fully saturated rings. The number of fused-ring (bicyclic) bond motifs is 3. The van der Waals surface area contributed by atoms with E-state index in [1.807, 2.05) is 6.07 Å². The van der Waals surface area contributed by atoms with Crippen molar-refractivity contribution in [3.05, 3.63) is 65.2 Å². The van der Waals surface area contributed by atoms with Gasteiger partial charge in [0.15, 0.2) is 6.04 Å². The van der Waals surface area contributed by atoms with Crippen LogP contribution in [0.5, 0.6) is 11.5 Å². The van der Waals surface area contributed by atoms with Crippen LogP contribution in [0.25, 0.3) is 10.8 Å². The number of methoxy groups -OCH3 is 1. The van der Waals surface area contributed by atoms with Crippen LogP contribution in [0.4, 0.5) is 8.78 Å². The Kier molecular flexibility index (Phi) is 8.51. The number of hydrogen-bond acceptors (Lipinski definition) is 6. The summed E-state index contributed by atoms with van der Waals surface area (Å²) in [6, 6.07) is 9.81. The summed E-state index contributed by atoms with van der Waals surface area (Å²) < 4.78 is 73.6. The van der Waals surface area contributed by atoms with Crippen molar-refractivity contribution in [2.45, 2.75) is 92.5 Å². The molecule has 2 bridgehead atoms. The highest BCUT2D eigenvalue weighted by Gasteiger charge is 2.53. The van der Waals surface area contributed by atoms with E-state index in [1.165, 1.54) is 30.2 Å². The number of nitrogens with one attached hydrogen (secondary N) is 1. The summed E-state index contributed by atoms with van der Waals surface area (Å²) in [5.74, 6) is -4.27. The standard InChI is InChI=1S/C32H36ClF2N3O5S/c1-42-29-16-21(8-13-28(29)33)32(34,35)30(31(39)38-23-9-10-24(38)18-22(36)17-23)37-44(40,41)27-12-7-19-14-26(11-6-20(19)15-27)43-25-4-2-3-5-25/h6-8,11-16,22-25,30,37H,2-5,9-10,17-18,36H2,1H3/t22?,23?,24?,30-/m0/s1. The Labute approximate surface area is 260 Å². The number of ether oxygens (including phenoxy) is 2. The molecule has 0 radical (unpaired) electrons. The first-order valence-corrected chi connectivity index (χ1v) is 16.8. The van der Waals surface area contributed by atoms with Crippen molar-refractivity contribution >= 4 is 38.3 Å². The molecule has 3 aromatic rings. The zero-order valence-electron chi connectivity index (χ0n) is 24.3. The van der Waals surface area contributed by atoms with Crippen molar-refractivity contribution in [3.8, 4) is 11.5 Å². The lowest BCUT2D eigenvalue weighted by molar-refractivity contribution is -0.149. The van der Waals surface area contributed by atoms with E-state index in [1.54, 1.807) is 18.2 Å². The molecular formula is C32H36ClF2N3O5S. The number of piperidine rings is 1. The van der Waals surface area contributed by atoms with Crippen molar-refractivity contribution in [2.24, 2.45) is 5.73 Å². The predicted octanol–water partition coefficient (Wildman–Crippen LogP) is 5.74. The lowest BCUT2D eigenvalue weighted by atomic mass is 9.94. The topological polar surface area (TPSA) is 111 Å². The molecule has 1 amide bonds. The van der Waals surface area contributed by atoms with Crippen LogP contribution in [-0.4, -0.2) is 56.6 Å². The van der Waals surface area contributed by atoms with Crippen molar-refractivity contribution in [1.82, 2.24) is 9.62 Å². The summed E-state index contributed by atoms with van der Waals surface area (Å²) in [7, 11) is -3.31. The molecule has 6 rings (SSSR count). The molecular weight excluding hydrogens is 612 g/mol. The number of nitrogens with zero attached hydrogens (tertiary/aromatic N) is 1. The van der Waals surface area contributed by atoms with Gasteiger partial charge < -0.3 is 20.1 Å². The number of sulfonamides is 1. The van der Waals surface area contributed by atoms with E-state index >= 15 is 8.78 Å². The first-order chi connectivity index (χ1) is 21.0. The van der Waals surface area contributed by atoms with Gasteiger partial charge in [-0.15, -0.1) is 0 Å². The Morgan fingerprint density at radius 2 is 1.66 bits per heavy atom. The molecule has 0 aromatic heterocycles. The zero-order valence-corrected chi connectivity index (χ0v) is 25.9. The van der Waals surface area contributed by atoms with Gasteiger partial charge in [-0.3, -0.25) is 4.79 Å². The number of carbonyl (C=O) groups is 1. The first-order valence-electron chi connectivity index (χ1n) is 15.0. The molecule has 3 N–H and O–H groups in total. The largest absolute Gasteiger partial charge is 0.495 e. The molecule has 12 heteroatoms. The van der Waals surface area contributed by atoms with Gasteiger partial charge in [-0.05, 0) is 98.5 Å². The maximum atomic E-state index is 16.4. The Balaban J connectivity index is 1.33. The lowest BCUT2D eigenvalue weighted by Gasteiger charge is -2.41. The molecule has 44 heavy (non-hydrogen) atoms. The molecule has 2 saturated heterocycles. The summed E-state index contributed by atoms with van der Waals surface area (Å²) in [4.78, 5) is 15.2. The molecule has 3 aliphatic rings. The summed E-state index contributed by atoms with van der Waals surface area (Å²) in [6.07, 6.45) is 6.62. The second-order valence-corrected chi connectivity index (χ2v) is 14.2. The van der Waals surface area contributed by atoms with E-state index in [4.69, 9.17) is 26.8 Å². The number of carbonyl (C=O) groups excluding carboxylic acids is 1. The van der Waals surface area contributed by atoms with E-state index in [0.29, 0.717) is 36.8 Å². The monoisotopic (exact) mass is 647 g/mol. The average Bonchev–Trinajstić information content (AvgIpc) is 3.60. The van der Waals surface area contributed by atoms with Gasteiger partial charge in [0.25, 0.3) is 5.92 Å². The van der Waals surface area contributed by atoms with Crippen LogP contribution in [0.3, 0.4) is 0 Å². The molecule has 236 valence electrons. The Morgan fingerprint density at radius 3 is 2.34 bits per heavy atom. The summed E-state index contributed by atoms with van der Waals surface area (Å²) in [5.41, 5.74) is 5.56. The summed E-state index contributed by atoms with van der Waals surface area (Å²) >= 11 is 6.08. The number of hydrogen-bond donors (Lipinski definition) is 2. The van der Waals surface area contributed by atoms with Crippen molar-refractivity contribution in [1.29, 1.82) is 0 Å². The minimum atomic E-state index is -4.59. The van der Waals surface area contributed by atoms with Crippen LogP contribution in [-0.2, 0) is 20.7 Å². The molecule has 2 aliphatic heterocycles. The Morgan fingerprint density at radius 1 is 1.00 bits per heavy atom. The van der Waals surface area contributed by atoms with Gasteiger partial charge >= 0.3 is 0 Å². The minimum Gasteiger partial charge on any atom is -0.495 e. The predicted molar refractivity (Wildman–Crippen MR) is 164 cm³/mol. The van der Waals surface area contributed by atoms with E-state index < -0.39 is 33.5 Å². The van der Waals surface area contributed by atoms with Gasteiger partial charge in [-0.2, -0.15) is 13.5 Å². The van der Waals surface area contributed by atoms with Crippen LogP contribution >= 0.6 is 11.6 Å². The minimum absolute atomic E-state index is 0.0206. The first kappa shape index (κ1) is 31.0.